The van der Waals surface area contributed by atoms with Crippen molar-refractivity contribution < 1.29 is 4.79 Å². The third-order valence-corrected chi connectivity index (χ3v) is 5.35. The minimum atomic E-state index is -0.00764. The molecule has 0 saturated heterocycles. The molecule has 1 aromatic heterocycles. The van der Waals surface area contributed by atoms with Crippen molar-refractivity contribution in [3.63, 3.8) is 0 Å². The van der Waals surface area contributed by atoms with Gasteiger partial charge in [0.15, 0.2) is 0 Å². The molecule has 27 heavy (non-hydrogen) atoms. The van der Waals surface area contributed by atoms with Crippen LogP contribution in [0.3, 0.4) is 0 Å². The SMILES string of the molecule is O=C1/C(=C/c2c[nH]c3ccc(Br)cc23)c2ccccc2N1c1ccccc1. The van der Waals surface area contributed by atoms with Crippen LogP contribution in [-0.2, 0) is 4.79 Å². The van der Waals surface area contributed by atoms with Crippen LogP contribution in [0.25, 0.3) is 22.6 Å². The Labute approximate surface area is 165 Å². The number of amides is 1. The van der Waals surface area contributed by atoms with Crippen LogP contribution in [0, 0.1) is 0 Å². The van der Waals surface area contributed by atoms with E-state index in [0.29, 0.717) is 5.57 Å². The first-order valence-electron chi connectivity index (χ1n) is 8.69. The van der Waals surface area contributed by atoms with Gasteiger partial charge in [0.1, 0.15) is 0 Å². The van der Waals surface area contributed by atoms with Gasteiger partial charge in [-0.2, -0.15) is 0 Å². The zero-order chi connectivity index (χ0) is 18.4. The predicted molar refractivity (Wildman–Crippen MR) is 114 cm³/mol. The molecule has 2 heterocycles. The maximum atomic E-state index is 13.3. The number of fused-ring (bicyclic) bond motifs is 2. The minimum Gasteiger partial charge on any atom is -0.361 e. The molecule has 3 nitrogen and oxygen atoms in total. The summed E-state index contributed by atoms with van der Waals surface area (Å²) in [6.45, 7) is 0. The number of aromatic nitrogens is 1. The third-order valence-electron chi connectivity index (χ3n) is 4.86. The fraction of sp³-hybridized carbons (Fsp3) is 0. The summed E-state index contributed by atoms with van der Waals surface area (Å²) < 4.78 is 1.01. The van der Waals surface area contributed by atoms with Gasteiger partial charge in [-0.1, -0.05) is 52.3 Å². The van der Waals surface area contributed by atoms with Gasteiger partial charge in [0.2, 0.25) is 0 Å². The maximum absolute atomic E-state index is 13.3. The zero-order valence-corrected chi connectivity index (χ0v) is 15.9. The quantitative estimate of drug-likeness (QED) is 0.392. The van der Waals surface area contributed by atoms with Crippen LogP contribution in [-0.4, -0.2) is 10.9 Å². The Morgan fingerprint density at radius 2 is 1.70 bits per heavy atom. The van der Waals surface area contributed by atoms with E-state index < -0.39 is 0 Å². The Balaban J connectivity index is 1.69. The molecule has 0 spiro atoms. The molecule has 1 aliphatic rings. The van der Waals surface area contributed by atoms with E-state index in [4.69, 9.17) is 0 Å². The molecule has 3 aromatic carbocycles. The van der Waals surface area contributed by atoms with Crippen molar-refractivity contribution in [1.82, 2.24) is 4.98 Å². The first-order valence-corrected chi connectivity index (χ1v) is 9.49. The molecule has 0 atom stereocenters. The first kappa shape index (κ1) is 16.1. The Bertz CT molecular complexity index is 1210. The van der Waals surface area contributed by atoms with Crippen LogP contribution in [0.2, 0.25) is 0 Å². The summed E-state index contributed by atoms with van der Waals surface area (Å²) in [4.78, 5) is 18.4. The molecule has 0 unspecified atom stereocenters. The van der Waals surface area contributed by atoms with Gasteiger partial charge >= 0.3 is 0 Å². The number of hydrogen-bond acceptors (Lipinski definition) is 1. The molecule has 0 radical (unpaired) electrons. The normalized spacial score (nSPS) is 14.9. The van der Waals surface area contributed by atoms with Gasteiger partial charge in [0.05, 0.1) is 11.3 Å². The minimum absolute atomic E-state index is 0.00764. The van der Waals surface area contributed by atoms with Gasteiger partial charge in [-0.05, 0) is 42.5 Å². The van der Waals surface area contributed by atoms with E-state index in [2.05, 4.69) is 27.0 Å². The van der Waals surface area contributed by atoms with E-state index in [-0.39, 0.29) is 5.91 Å². The maximum Gasteiger partial charge on any atom is 0.263 e. The van der Waals surface area contributed by atoms with Gasteiger partial charge in [0, 0.05) is 38.4 Å². The highest BCUT2D eigenvalue weighted by Gasteiger charge is 2.33. The fourth-order valence-electron chi connectivity index (χ4n) is 3.60. The second-order valence-corrected chi connectivity index (χ2v) is 7.40. The number of hydrogen-bond donors (Lipinski definition) is 1. The lowest BCUT2D eigenvalue weighted by atomic mass is 10.0. The largest absolute Gasteiger partial charge is 0.361 e. The third kappa shape index (κ3) is 2.61. The fourth-order valence-corrected chi connectivity index (χ4v) is 3.96. The standard InChI is InChI=1S/C23H15BrN2O/c24-16-10-11-21-19(13-16)15(14-25-21)12-20-18-8-4-5-9-22(18)26(23(20)27)17-6-2-1-3-7-17/h1-14,25H/b20-12+. The number of aromatic amines is 1. The van der Waals surface area contributed by atoms with E-state index >= 15 is 0 Å². The van der Waals surface area contributed by atoms with Gasteiger partial charge in [-0.25, -0.2) is 0 Å². The smallest absolute Gasteiger partial charge is 0.263 e. The van der Waals surface area contributed by atoms with Crippen molar-refractivity contribution in [3.05, 3.63) is 94.6 Å². The van der Waals surface area contributed by atoms with E-state index in [1.165, 1.54) is 0 Å². The van der Waals surface area contributed by atoms with Crippen molar-refractivity contribution in [2.45, 2.75) is 0 Å². The summed E-state index contributed by atoms with van der Waals surface area (Å²) in [5, 5.41) is 1.08. The molecule has 0 aliphatic carbocycles. The lowest BCUT2D eigenvalue weighted by Crippen LogP contribution is -2.20. The molecular formula is C23H15BrN2O. The number of nitrogens with one attached hydrogen (secondary N) is 1. The lowest BCUT2D eigenvalue weighted by Gasteiger charge is -2.16. The molecule has 4 aromatic rings. The highest BCUT2D eigenvalue weighted by molar-refractivity contribution is 9.10. The van der Waals surface area contributed by atoms with Gasteiger partial charge < -0.3 is 4.98 Å². The van der Waals surface area contributed by atoms with Crippen LogP contribution < -0.4 is 4.90 Å². The number of anilines is 2. The summed E-state index contributed by atoms with van der Waals surface area (Å²) in [6, 6.07) is 23.8. The van der Waals surface area contributed by atoms with Crippen molar-refractivity contribution >= 4 is 55.8 Å². The lowest BCUT2D eigenvalue weighted by molar-refractivity contribution is -0.112. The molecule has 5 rings (SSSR count). The molecule has 0 bridgehead atoms. The number of H-pyrrole nitrogens is 1. The second kappa shape index (κ2) is 6.25. The summed E-state index contributed by atoms with van der Waals surface area (Å²) in [5.41, 5.74) is 5.50. The van der Waals surface area contributed by atoms with Gasteiger partial charge in [-0.15, -0.1) is 0 Å². The highest BCUT2D eigenvalue weighted by Crippen LogP contribution is 2.42. The second-order valence-electron chi connectivity index (χ2n) is 6.49. The van der Waals surface area contributed by atoms with E-state index in [1.54, 1.807) is 4.90 Å². The molecule has 1 N–H and O–H groups in total. The topological polar surface area (TPSA) is 36.1 Å². The van der Waals surface area contributed by atoms with E-state index in [9.17, 15) is 4.79 Å². The van der Waals surface area contributed by atoms with Gasteiger partial charge in [-0.3, -0.25) is 9.69 Å². The number of carbonyl (C=O) groups is 1. The number of nitrogens with zero attached hydrogens (tertiary/aromatic N) is 1. The number of benzene rings is 3. The molecule has 0 saturated carbocycles. The average Bonchev–Trinajstić information content (AvgIpc) is 3.21. The van der Waals surface area contributed by atoms with E-state index in [1.807, 2.05) is 79.0 Å². The predicted octanol–water partition coefficient (Wildman–Crippen LogP) is 6.15. The Hall–Kier alpha value is -3.11. The van der Waals surface area contributed by atoms with Crippen molar-refractivity contribution in [1.29, 1.82) is 0 Å². The molecular weight excluding hydrogens is 400 g/mol. The first-order chi connectivity index (χ1) is 13.2. The Kier molecular flexibility index (Phi) is 3.73. The number of para-hydroxylation sites is 2. The highest BCUT2D eigenvalue weighted by atomic mass is 79.9. The monoisotopic (exact) mass is 414 g/mol. The molecule has 4 heteroatoms. The van der Waals surface area contributed by atoms with Crippen LogP contribution >= 0.6 is 15.9 Å². The van der Waals surface area contributed by atoms with Crippen LogP contribution in [0.1, 0.15) is 11.1 Å². The Morgan fingerprint density at radius 1 is 0.926 bits per heavy atom. The van der Waals surface area contributed by atoms with Crippen LogP contribution in [0.5, 0.6) is 0 Å². The van der Waals surface area contributed by atoms with Crippen molar-refractivity contribution in [2.75, 3.05) is 4.90 Å². The summed E-state index contributed by atoms with van der Waals surface area (Å²) in [6.07, 6.45) is 3.93. The summed E-state index contributed by atoms with van der Waals surface area (Å²) in [5.74, 6) is -0.00764. The van der Waals surface area contributed by atoms with Crippen LogP contribution in [0.15, 0.2) is 83.5 Å². The van der Waals surface area contributed by atoms with Gasteiger partial charge in [0.25, 0.3) is 5.91 Å². The Morgan fingerprint density at radius 3 is 2.56 bits per heavy atom. The summed E-state index contributed by atoms with van der Waals surface area (Å²) in [7, 11) is 0. The molecule has 1 amide bonds. The van der Waals surface area contributed by atoms with Crippen molar-refractivity contribution in [3.8, 4) is 0 Å². The number of carbonyl (C=O) groups excluding carboxylic acids is 1. The molecule has 130 valence electrons. The number of halogens is 1. The molecule has 1 aliphatic heterocycles. The zero-order valence-electron chi connectivity index (χ0n) is 14.3. The average molecular weight is 415 g/mol. The van der Waals surface area contributed by atoms with Crippen molar-refractivity contribution in [2.24, 2.45) is 0 Å². The summed E-state index contributed by atoms with van der Waals surface area (Å²) >= 11 is 3.53. The molecule has 0 fully saturated rings. The van der Waals surface area contributed by atoms with E-state index in [0.717, 1.165) is 37.9 Å². The number of rotatable bonds is 2. The van der Waals surface area contributed by atoms with Crippen LogP contribution in [0.4, 0.5) is 11.4 Å².